The Balaban J connectivity index is 2.26. The molecule has 6 N–H and O–H groups in total. The van der Waals surface area contributed by atoms with E-state index in [1.807, 2.05) is 6.08 Å². The largest absolute Gasteiger partial charge is 0.394 e. The first kappa shape index (κ1) is 62.4. The fraction of sp³-hybridized carbons (Fsp3) is 0.741. The number of amides is 1. The average Bonchev–Trinajstić information content (AvgIpc) is 3.33. The standard InChI is InChI=1S/C58H101NO8/c1-3-5-7-9-11-13-15-17-19-21-22-23-24-25-26-27-28-29-30-32-34-36-38-40-42-44-46-48-54(62)59-51(50-66-58-57(65)56(64)55(63)53(49-60)67-58)52(61)47-45-43-41-39-37-35-33-31-20-18-16-14-12-10-8-6-4-2/h5,7,11,13,17,19,22-23,25-26,37,39,45,47,51-53,55-58,60-61,63-65H,3-4,6,8-10,12,14-16,18,20-21,24,27-36,38,40-44,46,48-50H2,1-2H3,(H,59,62)/b7-5-,13-11-,19-17-,23-22-,26-25-,39-37+,47-45+. The minimum absolute atomic E-state index is 0.193. The van der Waals surface area contributed by atoms with E-state index in [9.17, 15) is 30.3 Å². The summed E-state index contributed by atoms with van der Waals surface area (Å²) in [5.74, 6) is -0.193. The van der Waals surface area contributed by atoms with Crippen LogP contribution in [0.2, 0.25) is 0 Å². The van der Waals surface area contributed by atoms with Gasteiger partial charge in [0, 0.05) is 6.42 Å². The number of ether oxygens (including phenoxy) is 2. The molecule has 1 heterocycles. The summed E-state index contributed by atoms with van der Waals surface area (Å²) in [4.78, 5) is 13.0. The van der Waals surface area contributed by atoms with E-state index in [0.29, 0.717) is 6.42 Å². The normalized spacial score (nSPS) is 20.4. The molecule has 1 fully saturated rings. The van der Waals surface area contributed by atoms with Crippen LogP contribution in [0.5, 0.6) is 0 Å². The zero-order chi connectivity index (χ0) is 48.7. The number of nitrogens with one attached hydrogen (secondary N) is 1. The first-order chi connectivity index (χ1) is 32.8. The Morgan fingerprint density at radius 2 is 0.940 bits per heavy atom. The molecule has 1 amide bonds. The number of aliphatic hydroxyl groups is 5. The zero-order valence-corrected chi connectivity index (χ0v) is 42.6. The molecule has 7 atom stereocenters. The van der Waals surface area contributed by atoms with Crippen LogP contribution in [0.15, 0.2) is 85.1 Å². The van der Waals surface area contributed by atoms with Gasteiger partial charge in [0.25, 0.3) is 0 Å². The van der Waals surface area contributed by atoms with Gasteiger partial charge in [0.2, 0.25) is 5.91 Å². The first-order valence-corrected chi connectivity index (χ1v) is 27.3. The highest BCUT2D eigenvalue weighted by atomic mass is 16.7. The van der Waals surface area contributed by atoms with Crippen molar-refractivity contribution in [1.29, 1.82) is 0 Å². The van der Waals surface area contributed by atoms with Crippen molar-refractivity contribution >= 4 is 5.91 Å². The number of rotatable bonds is 45. The summed E-state index contributed by atoms with van der Waals surface area (Å²) in [6.07, 6.45) is 59.2. The van der Waals surface area contributed by atoms with Gasteiger partial charge in [-0.1, -0.05) is 221 Å². The third kappa shape index (κ3) is 36.9. The van der Waals surface area contributed by atoms with Gasteiger partial charge in [-0.25, -0.2) is 0 Å². The molecule has 0 saturated carbocycles. The maximum Gasteiger partial charge on any atom is 0.220 e. The fourth-order valence-electron chi connectivity index (χ4n) is 8.14. The molecular formula is C58H101NO8. The lowest BCUT2D eigenvalue weighted by Gasteiger charge is -2.40. The van der Waals surface area contributed by atoms with E-state index in [2.05, 4.69) is 92.1 Å². The third-order valence-electron chi connectivity index (χ3n) is 12.5. The Kier molecular flexibility index (Phi) is 43.8. The van der Waals surface area contributed by atoms with Gasteiger partial charge in [0.05, 0.1) is 25.4 Å². The molecular weight excluding hydrogens is 839 g/mol. The lowest BCUT2D eigenvalue weighted by molar-refractivity contribution is -0.302. The molecule has 1 aliphatic rings. The molecule has 1 aliphatic heterocycles. The number of allylic oxidation sites excluding steroid dienone is 13. The molecule has 0 radical (unpaired) electrons. The summed E-state index contributed by atoms with van der Waals surface area (Å²) in [7, 11) is 0. The second-order valence-electron chi connectivity index (χ2n) is 18.6. The molecule has 0 spiro atoms. The molecule has 1 saturated heterocycles. The van der Waals surface area contributed by atoms with Crippen LogP contribution in [-0.4, -0.2) is 87.5 Å². The van der Waals surface area contributed by atoms with Gasteiger partial charge in [-0.2, -0.15) is 0 Å². The Morgan fingerprint density at radius 3 is 1.43 bits per heavy atom. The fourth-order valence-corrected chi connectivity index (χ4v) is 8.14. The molecule has 0 aromatic rings. The summed E-state index contributed by atoms with van der Waals surface area (Å²) in [6, 6.07) is -0.828. The van der Waals surface area contributed by atoms with Gasteiger partial charge in [-0.3, -0.25) is 4.79 Å². The third-order valence-corrected chi connectivity index (χ3v) is 12.5. The van der Waals surface area contributed by atoms with E-state index < -0.39 is 49.5 Å². The second kappa shape index (κ2) is 47.1. The number of hydrogen-bond donors (Lipinski definition) is 6. The van der Waals surface area contributed by atoms with Gasteiger partial charge in [-0.05, 0) is 77.0 Å². The summed E-state index contributed by atoms with van der Waals surface area (Å²) >= 11 is 0. The molecule has 0 bridgehead atoms. The van der Waals surface area contributed by atoms with Crippen molar-refractivity contribution in [3.8, 4) is 0 Å². The minimum atomic E-state index is -1.58. The van der Waals surface area contributed by atoms with Crippen LogP contribution in [0.1, 0.15) is 219 Å². The number of aliphatic hydroxyl groups excluding tert-OH is 5. The van der Waals surface area contributed by atoms with Crippen molar-refractivity contribution in [1.82, 2.24) is 5.32 Å². The van der Waals surface area contributed by atoms with E-state index in [4.69, 9.17) is 9.47 Å². The molecule has 0 aromatic carbocycles. The maximum absolute atomic E-state index is 13.0. The van der Waals surface area contributed by atoms with Crippen LogP contribution in [0.25, 0.3) is 0 Å². The van der Waals surface area contributed by atoms with Gasteiger partial charge in [-0.15, -0.1) is 0 Å². The van der Waals surface area contributed by atoms with Gasteiger partial charge in [0.15, 0.2) is 6.29 Å². The Bertz CT molecular complexity index is 1320. The lowest BCUT2D eigenvalue weighted by Crippen LogP contribution is -2.60. The van der Waals surface area contributed by atoms with Crippen molar-refractivity contribution in [2.45, 2.75) is 262 Å². The van der Waals surface area contributed by atoms with Crippen LogP contribution in [0.4, 0.5) is 0 Å². The molecule has 67 heavy (non-hydrogen) atoms. The van der Waals surface area contributed by atoms with Gasteiger partial charge < -0.3 is 40.3 Å². The number of hydrogen-bond acceptors (Lipinski definition) is 8. The highest BCUT2D eigenvalue weighted by Gasteiger charge is 2.44. The number of carbonyl (C=O) groups is 1. The molecule has 1 rings (SSSR count). The lowest BCUT2D eigenvalue weighted by atomic mass is 9.99. The zero-order valence-electron chi connectivity index (χ0n) is 42.6. The van der Waals surface area contributed by atoms with Crippen LogP contribution in [-0.2, 0) is 14.3 Å². The summed E-state index contributed by atoms with van der Waals surface area (Å²) < 4.78 is 11.2. The first-order valence-electron chi connectivity index (χ1n) is 27.3. The van der Waals surface area contributed by atoms with Crippen molar-refractivity contribution in [3.63, 3.8) is 0 Å². The SMILES string of the molecule is CC/C=C\C/C=C\C/C=C\C/C=C\C/C=C\CCCCCCCCCCCCCC(=O)NC(COC1OC(CO)C(O)C(O)C1O)C(O)/C=C/CC/C=C/CCCCCCCCCCCCC. The van der Waals surface area contributed by atoms with Crippen molar-refractivity contribution in [2.24, 2.45) is 0 Å². The van der Waals surface area contributed by atoms with Crippen LogP contribution < -0.4 is 5.32 Å². The predicted molar refractivity (Wildman–Crippen MR) is 281 cm³/mol. The smallest absolute Gasteiger partial charge is 0.220 e. The van der Waals surface area contributed by atoms with Gasteiger partial charge in [0.1, 0.15) is 24.4 Å². The Hall–Kier alpha value is -2.63. The van der Waals surface area contributed by atoms with Crippen LogP contribution in [0, 0.1) is 0 Å². The van der Waals surface area contributed by atoms with Gasteiger partial charge >= 0.3 is 0 Å². The van der Waals surface area contributed by atoms with Crippen molar-refractivity contribution < 1.29 is 39.8 Å². The van der Waals surface area contributed by atoms with E-state index in [1.54, 1.807) is 6.08 Å². The molecule has 386 valence electrons. The topological polar surface area (TPSA) is 149 Å². The van der Waals surface area contributed by atoms with E-state index in [0.717, 1.165) is 77.0 Å². The molecule has 0 aromatic heterocycles. The minimum Gasteiger partial charge on any atom is -0.394 e. The summed E-state index contributed by atoms with van der Waals surface area (Å²) in [6.45, 7) is 3.64. The summed E-state index contributed by atoms with van der Waals surface area (Å²) in [5, 5.41) is 54.4. The van der Waals surface area contributed by atoms with E-state index >= 15 is 0 Å². The molecule has 9 nitrogen and oxygen atoms in total. The van der Waals surface area contributed by atoms with E-state index in [-0.39, 0.29) is 12.5 Å². The highest BCUT2D eigenvalue weighted by Crippen LogP contribution is 2.23. The predicted octanol–water partition coefficient (Wildman–Crippen LogP) is 13.1. The van der Waals surface area contributed by atoms with Crippen molar-refractivity contribution in [3.05, 3.63) is 85.1 Å². The number of unbranched alkanes of at least 4 members (excludes halogenated alkanes) is 23. The van der Waals surface area contributed by atoms with Crippen molar-refractivity contribution in [2.75, 3.05) is 13.2 Å². The highest BCUT2D eigenvalue weighted by molar-refractivity contribution is 5.76. The Morgan fingerprint density at radius 1 is 0.522 bits per heavy atom. The maximum atomic E-state index is 13.0. The average molecular weight is 940 g/mol. The quantitative estimate of drug-likeness (QED) is 0.0261. The Labute approximate surface area is 410 Å². The van der Waals surface area contributed by atoms with Crippen LogP contribution in [0.3, 0.4) is 0 Å². The number of carbonyl (C=O) groups excluding carboxylic acids is 1. The molecule has 7 unspecified atom stereocenters. The second-order valence-corrected chi connectivity index (χ2v) is 18.6. The monoisotopic (exact) mass is 940 g/mol. The molecule has 0 aliphatic carbocycles. The molecule has 9 heteroatoms. The summed E-state index contributed by atoms with van der Waals surface area (Å²) in [5.41, 5.74) is 0. The van der Waals surface area contributed by atoms with Crippen LogP contribution >= 0.6 is 0 Å². The van der Waals surface area contributed by atoms with E-state index in [1.165, 1.54) is 122 Å².